The molecule has 0 unspecified atom stereocenters. The van der Waals surface area contributed by atoms with Gasteiger partial charge in [0, 0.05) is 28.7 Å². The maximum atomic E-state index is 11.7. The highest BCUT2D eigenvalue weighted by Crippen LogP contribution is 2.18. The van der Waals surface area contributed by atoms with Gasteiger partial charge in [-0.15, -0.1) is 12.4 Å². The zero-order chi connectivity index (χ0) is 12.7. The average molecular weight is 312 g/mol. The molecular formula is C12H17Cl3N2O. The summed E-state index contributed by atoms with van der Waals surface area (Å²) in [7, 11) is 0. The molecule has 18 heavy (non-hydrogen) atoms. The number of halogens is 3. The minimum atomic E-state index is -0.160. The minimum absolute atomic E-state index is 0. The van der Waals surface area contributed by atoms with Crippen LogP contribution in [-0.2, 0) is 0 Å². The van der Waals surface area contributed by atoms with Crippen molar-refractivity contribution in [2.24, 2.45) is 0 Å². The van der Waals surface area contributed by atoms with Crippen molar-refractivity contribution in [1.29, 1.82) is 0 Å². The van der Waals surface area contributed by atoms with Gasteiger partial charge in [0.25, 0.3) is 5.91 Å². The van der Waals surface area contributed by atoms with Gasteiger partial charge in [-0.25, -0.2) is 0 Å². The Balaban J connectivity index is 0.00000289. The standard InChI is InChI=1S/C12H16Cl2N2O.ClH/c1-2-3-15-4-5-16-12(17)9-6-10(13)8-11(14)7-9;/h6-8,15H,2-5H2,1H3,(H,16,17);1H. The first kappa shape index (κ1) is 17.5. The molecule has 0 saturated heterocycles. The Bertz CT molecular complexity index is 365. The Morgan fingerprint density at radius 2 is 1.72 bits per heavy atom. The van der Waals surface area contributed by atoms with Crippen molar-refractivity contribution in [3.63, 3.8) is 0 Å². The van der Waals surface area contributed by atoms with Gasteiger partial charge in [0.2, 0.25) is 0 Å². The van der Waals surface area contributed by atoms with Gasteiger partial charge in [-0.05, 0) is 31.2 Å². The van der Waals surface area contributed by atoms with Crippen molar-refractivity contribution in [3.05, 3.63) is 33.8 Å². The zero-order valence-electron chi connectivity index (χ0n) is 10.1. The van der Waals surface area contributed by atoms with Gasteiger partial charge in [0.15, 0.2) is 0 Å². The maximum absolute atomic E-state index is 11.7. The number of hydrogen-bond donors (Lipinski definition) is 2. The summed E-state index contributed by atoms with van der Waals surface area (Å²) in [4.78, 5) is 11.7. The summed E-state index contributed by atoms with van der Waals surface area (Å²) in [6, 6.07) is 4.80. The van der Waals surface area contributed by atoms with Crippen LogP contribution in [0, 0.1) is 0 Å². The van der Waals surface area contributed by atoms with Gasteiger partial charge >= 0.3 is 0 Å². The summed E-state index contributed by atoms with van der Waals surface area (Å²) >= 11 is 11.6. The number of benzene rings is 1. The summed E-state index contributed by atoms with van der Waals surface area (Å²) in [6.07, 6.45) is 1.08. The number of amides is 1. The van der Waals surface area contributed by atoms with Crippen molar-refractivity contribution in [2.75, 3.05) is 19.6 Å². The van der Waals surface area contributed by atoms with Crippen LogP contribution in [0.1, 0.15) is 23.7 Å². The van der Waals surface area contributed by atoms with Crippen LogP contribution in [0.3, 0.4) is 0 Å². The highest BCUT2D eigenvalue weighted by molar-refractivity contribution is 6.35. The second-order valence-electron chi connectivity index (χ2n) is 3.66. The Hall–Kier alpha value is -0.480. The molecule has 1 aromatic rings. The summed E-state index contributed by atoms with van der Waals surface area (Å²) in [5.74, 6) is -0.160. The molecule has 0 fully saturated rings. The predicted molar refractivity (Wildman–Crippen MR) is 79.2 cm³/mol. The molecule has 0 saturated carbocycles. The number of rotatable bonds is 6. The molecular weight excluding hydrogens is 295 g/mol. The van der Waals surface area contributed by atoms with Crippen LogP contribution in [0.15, 0.2) is 18.2 Å². The Kier molecular flexibility index (Phi) is 9.20. The summed E-state index contributed by atoms with van der Waals surface area (Å²) in [6.45, 7) is 4.40. The van der Waals surface area contributed by atoms with E-state index in [1.807, 2.05) is 0 Å². The normalized spacial score (nSPS) is 9.72. The van der Waals surface area contributed by atoms with Crippen LogP contribution < -0.4 is 10.6 Å². The van der Waals surface area contributed by atoms with E-state index in [2.05, 4.69) is 17.6 Å². The first-order valence-corrected chi connectivity index (χ1v) is 6.34. The van der Waals surface area contributed by atoms with E-state index in [1.165, 1.54) is 0 Å². The fourth-order valence-electron chi connectivity index (χ4n) is 1.35. The Morgan fingerprint density at radius 1 is 1.11 bits per heavy atom. The van der Waals surface area contributed by atoms with Crippen LogP contribution in [0.5, 0.6) is 0 Å². The summed E-state index contributed by atoms with van der Waals surface area (Å²) < 4.78 is 0. The van der Waals surface area contributed by atoms with Crippen LogP contribution in [0.2, 0.25) is 10.0 Å². The van der Waals surface area contributed by atoms with E-state index in [4.69, 9.17) is 23.2 Å². The molecule has 0 aliphatic rings. The van der Waals surface area contributed by atoms with Crippen molar-refractivity contribution in [1.82, 2.24) is 10.6 Å². The molecule has 6 heteroatoms. The smallest absolute Gasteiger partial charge is 0.251 e. The molecule has 0 bridgehead atoms. The van der Waals surface area contributed by atoms with Gasteiger partial charge in [-0.1, -0.05) is 30.1 Å². The molecule has 1 rings (SSSR count). The van der Waals surface area contributed by atoms with Crippen molar-refractivity contribution in [2.45, 2.75) is 13.3 Å². The van der Waals surface area contributed by atoms with Gasteiger partial charge in [0.1, 0.15) is 0 Å². The van der Waals surface area contributed by atoms with Gasteiger partial charge in [0.05, 0.1) is 0 Å². The fourth-order valence-corrected chi connectivity index (χ4v) is 1.88. The first-order valence-electron chi connectivity index (χ1n) is 5.58. The van der Waals surface area contributed by atoms with E-state index in [-0.39, 0.29) is 18.3 Å². The third kappa shape index (κ3) is 6.45. The van der Waals surface area contributed by atoms with Crippen LogP contribution in [0.4, 0.5) is 0 Å². The number of carbonyl (C=O) groups is 1. The average Bonchev–Trinajstić information content (AvgIpc) is 2.27. The molecule has 1 aromatic carbocycles. The molecule has 0 heterocycles. The third-order valence-electron chi connectivity index (χ3n) is 2.14. The Labute approximate surface area is 124 Å². The van der Waals surface area contributed by atoms with Crippen LogP contribution in [-0.4, -0.2) is 25.5 Å². The lowest BCUT2D eigenvalue weighted by Gasteiger charge is -2.06. The third-order valence-corrected chi connectivity index (χ3v) is 2.58. The van der Waals surface area contributed by atoms with Crippen LogP contribution >= 0.6 is 35.6 Å². The molecule has 0 atom stereocenters. The largest absolute Gasteiger partial charge is 0.351 e. The zero-order valence-corrected chi connectivity index (χ0v) is 12.5. The second kappa shape index (κ2) is 9.45. The van der Waals surface area contributed by atoms with E-state index in [9.17, 15) is 4.79 Å². The molecule has 0 aliphatic carbocycles. The fraction of sp³-hybridized carbons (Fsp3) is 0.417. The molecule has 0 aromatic heterocycles. The lowest BCUT2D eigenvalue weighted by Crippen LogP contribution is -2.32. The molecule has 2 N–H and O–H groups in total. The predicted octanol–water partition coefficient (Wildman–Crippen LogP) is 3.14. The van der Waals surface area contributed by atoms with Crippen LogP contribution in [0.25, 0.3) is 0 Å². The molecule has 1 amide bonds. The van der Waals surface area contributed by atoms with E-state index >= 15 is 0 Å². The molecule has 0 aliphatic heterocycles. The summed E-state index contributed by atoms with van der Waals surface area (Å²) in [5.41, 5.74) is 0.484. The van der Waals surface area contributed by atoms with E-state index in [0.29, 0.717) is 22.2 Å². The van der Waals surface area contributed by atoms with E-state index < -0.39 is 0 Å². The Morgan fingerprint density at radius 3 is 2.28 bits per heavy atom. The molecule has 102 valence electrons. The van der Waals surface area contributed by atoms with Gasteiger partial charge < -0.3 is 10.6 Å². The SMILES string of the molecule is CCCNCCNC(=O)c1cc(Cl)cc(Cl)c1.Cl. The number of hydrogen-bond acceptors (Lipinski definition) is 2. The van der Waals surface area contributed by atoms with E-state index in [1.54, 1.807) is 18.2 Å². The lowest BCUT2D eigenvalue weighted by atomic mass is 10.2. The minimum Gasteiger partial charge on any atom is -0.351 e. The summed E-state index contributed by atoms with van der Waals surface area (Å²) in [5, 5.41) is 6.92. The lowest BCUT2D eigenvalue weighted by molar-refractivity contribution is 0.0954. The highest BCUT2D eigenvalue weighted by Gasteiger charge is 2.06. The van der Waals surface area contributed by atoms with Crippen molar-refractivity contribution in [3.8, 4) is 0 Å². The topological polar surface area (TPSA) is 41.1 Å². The molecule has 0 radical (unpaired) electrons. The van der Waals surface area contributed by atoms with E-state index in [0.717, 1.165) is 19.5 Å². The second-order valence-corrected chi connectivity index (χ2v) is 4.54. The number of carbonyl (C=O) groups excluding carboxylic acids is 1. The highest BCUT2D eigenvalue weighted by atomic mass is 35.5. The maximum Gasteiger partial charge on any atom is 0.251 e. The molecule has 0 spiro atoms. The monoisotopic (exact) mass is 310 g/mol. The van der Waals surface area contributed by atoms with Gasteiger partial charge in [-0.3, -0.25) is 4.79 Å². The quantitative estimate of drug-likeness (QED) is 0.792. The first-order chi connectivity index (χ1) is 8.13. The number of nitrogens with one attached hydrogen (secondary N) is 2. The van der Waals surface area contributed by atoms with Gasteiger partial charge in [-0.2, -0.15) is 0 Å². The molecule has 3 nitrogen and oxygen atoms in total. The van der Waals surface area contributed by atoms with Crippen molar-refractivity contribution >= 4 is 41.5 Å². The van der Waals surface area contributed by atoms with Crippen molar-refractivity contribution < 1.29 is 4.79 Å².